The molecule has 0 aromatic heterocycles. The SMILES string of the molecule is OCc1cc(I)c(OCc2ccc(F)cc2)c(I)c1. The monoisotopic (exact) mass is 484 g/mol. The van der Waals surface area contributed by atoms with Gasteiger partial charge in [-0.2, -0.15) is 0 Å². The molecule has 2 nitrogen and oxygen atoms in total. The van der Waals surface area contributed by atoms with E-state index in [1.807, 2.05) is 12.1 Å². The van der Waals surface area contributed by atoms with Crippen LogP contribution in [0.3, 0.4) is 0 Å². The minimum atomic E-state index is -0.250. The highest BCUT2D eigenvalue weighted by Crippen LogP contribution is 2.29. The van der Waals surface area contributed by atoms with Gasteiger partial charge in [0, 0.05) is 0 Å². The molecule has 0 atom stereocenters. The topological polar surface area (TPSA) is 29.5 Å². The maximum Gasteiger partial charge on any atom is 0.146 e. The Morgan fingerprint density at radius 3 is 2.11 bits per heavy atom. The predicted octanol–water partition coefficient (Wildman–Crippen LogP) is 4.11. The van der Waals surface area contributed by atoms with E-state index in [0.29, 0.717) is 6.61 Å². The molecule has 0 radical (unpaired) electrons. The van der Waals surface area contributed by atoms with Crippen LogP contribution in [0.15, 0.2) is 36.4 Å². The van der Waals surface area contributed by atoms with Crippen LogP contribution in [0.25, 0.3) is 0 Å². The van der Waals surface area contributed by atoms with E-state index in [9.17, 15) is 4.39 Å². The number of aliphatic hydroxyl groups is 1. The maximum atomic E-state index is 12.8. The zero-order chi connectivity index (χ0) is 13.8. The molecule has 0 aliphatic heterocycles. The molecule has 0 bridgehead atoms. The third kappa shape index (κ3) is 4.03. The Morgan fingerprint density at radius 2 is 1.58 bits per heavy atom. The Morgan fingerprint density at radius 1 is 1.00 bits per heavy atom. The lowest BCUT2D eigenvalue weighted by molar-refractivity contribution is 0.280. The average Bonchev–Trinajstić information content (AvgIpc) is 2.39. The molecule has 0 unspecified atom stereocenters. The van der Waals surface area contributed by atoms with Crippen molar-refractivity contribution in [1.29, 1.82) is 0 Å². The van der Waals surface area contributed by atoms with Crippen molar-refractivity contribution in [3.05, 3.63) is 60.5 Å². The van der Waals surface area contributed by atoms with Crippen LogP contribution in [0.4, 0.5) is 4.39 Å². The molecule has 0 fully saturated rings. The van der Waals surface area contributed by atoms with Crippen LogP contribution in [0.1, 0.15) is 11.1 Å². The number of hydrogen-bond donors (Lipinski definition) is 1. The van der Waals surface area contributed by atoms with E-state index in [4.69, 9.17) is 9.84 Å². The lowest BCUT2D eigenvalue weighted by Crippen LogP contribution is -2.00. The second-order valence-corrected chi connectivity index (χ2v) is 6.29. The molecule has 0 spiro atoms. The summed E-state index contributed by atoms with van der Waals surface area (Å²) in [6.45, 7) is 0.412. The molecule has 5 heteroatoms. The molecule has 0 aliphatic carbocycles. The first-order chi connectivity index (χ1) is 9.10. The fourth-order valence-electron chi connectivity index (χ4n) is 1.58. The first kappa shape index (κ1) is 15.0. The zero-order valence-electron chi connectivity index (χ0n) is 9.87. The van der Waals surface area contributed by atoms with Crippen LogP contribution in [0.5, 0.6) is 5.75 Å². The van der Waals surface area contributed by atoms with E-state index in [1.165, 1.54) is 12.1 Å². The Kier molecular flexibility index (Phi) is 5.40. The molecule has 2 aromatic rings. The van der Waals surface area contributed by atoms with Gasteiger partial charge in [0.1, 0.15) is 18.2 Å². The molecule has 0 amide bonds. The van der Waals surface area contributed by atoms with Crippen molar-refractivity contribution in [1.82, 2.24) is 0 Å². The maximum absolute atomic E-state index is 12.8. The molecule has 0 saturated heterocycles. The van der Waals surface area contributed by atoms with Gasteiger partial charge < -0.3 is 9.84 Å². The minimum absolute atomic E-state index is 0.0181. The lowest BCUT2D eigenvalue weighted by Gasteiger charge is -2.12. The van der Waals surface area contributed by atoms with Gasteiger partial charge in [-0.3, -0.25) is 0 Å². The van der Waals surface area contributed by atoms with E-state index in [1.54, 1.807) is 12.1 Å². The van der Waals surface area contributed by atoms with E-state index >= 15 is 0 Å². The molecular weight excluding hydrogens is 473 g/mol. The van der Waals surface area contributed by atoms with Gasteiger partial charge in [0.2, 0.25) is 0 Å². The van der Waals surface area contributed by atoms with E-state index in [2.05, 4.69) is 45.2 Å². The van der Waals surface area contributed by atoms with Crippen LogP contribution >= 0.6 is 45.2 Å². The minimum Gasteiger partial charge on any atom is -0.487 e. The van der Waals surface area contributed by atoms with Crippen molar-refractivity contribution < 1.29 is 14.2 Å². The quantitative estimate of drug-likeness (QED) is 0.663. The van der Waals surface area contributed by atoms with E-state index < -0.39 is 0 Å². The van der Waals surface area contributed by atoms with Gasteiger partial charge in [0.05, 0.1) is 13.7 Å². The number of aliphatic hydroxyl groups excluding tert-OH is 1. The number of ether oxygens (including phenoxy) is 1. The Hall–Kier alpha value is -0.410. The molecular formula is C14H11FI2O2. The van der Waals surface area contributed by atoms with Crippen molar-refractivity contribution in [2.75, 3.05) is 0 Å². The summed E-state index contributed by atoms with van der Waals surface area (Å²) >= 11 is 4.36. The van der Waals surface area contributed by atoms with Crippen molar-refractivity contribution in [3.8, 4) is 5.75 Å². The molecule has 0 aliphatic rings. The van der Waals surface area contributed by atoms with Gasteiger partial charge in [0.25, 0.3) is 0 Å². The molecule has 100 valence electrons. The number of rotatable bonds is 4. The van der Waals surface area contributed by atoms with Crippen LogP contribution in [0, 0.1) is 13.0 Å². The van der Waals surface area contributed by atoms with Crippen molar-refractivity contribution >= 4 is 45.2 Å². The van der Waals surface area contributed by atoms with Gasteiger partial charge in [-0.1, -0.05) is 12.1 Å². The van der Waals surface area contributed by atoms with Crippen LogP contribution in [-0.4, -0.2) is 5.11 Å². The predicted molar refractivity (Wildman–Crippen MR) is 88.5 cm³/mol. The fourth-order valence-corrected chi connectivity index (χ4v) is 3.79. The highest BCUT2D eigenvalue weighted by molar-refractivity contribution is 14.1. The molecule has 2 aromatic carbocycles. The van der Waals surface area contributed by atoms with Crippen molar-refractivity contribution in [2.45, 2.75) is 13.2 Å². The number of hydrogen-bond acceptors (Lipinski definition) is 2. The van der Waals surface area contributed by atoms with Gasteiger partial charge in [-0.05, 0) is 80.6 Å². The molecule has 0 saturated carbocycles. The summed E-state index contributed by atoms with van der Waals surface area (Å²) in [6.07, 6.45) is 0. The summed E-state index contributed by atoms with van der Waals surface area (Å²) in [7, 11) is 0. The largest absolute Gasteiger partial charge is 0.487 e. The van der Waals surface area contributed by atoms with Crippen molar-refractivity contribution in [2.24, 2.45) is 0 Å². The zero-order valence-corrected chi connectivity index (χ0v) is 14.2. The summed E-state index contributed by atoms with van der Waals surface area (Å²) in [4.78, 5) is 0. The number of halogens is 3. The van der Waals surface area contributed by atoms with Gasteiger partial charge in [0.15, 0.2) is 0 Å². The Balaban J connectivity index is 2.13. The Bertz CT molecular complexity index is 547. The highest BCUT2D eigenvalue weighted by Gasteiger charge is 2.09. The summed E-state index contributed by atoms with van der Waals surface area (Å²) in [5, 5.41) is 9.13. The normalized spacial score (nSPS) is 10.5. The van der Waals surface area contributed by atoms with Crippen LogP contribution in [-0.2, 0) is 13.2 Å². The second-order valence-electron chi connectivity index (χ2n) is 3.96. The summed E-state index contributed by atoms with van der Waals surface area (Å²) in [5.74, 6) is 0.544. The molecule has 1 N–H and O–H groups in total. The number of benzene rings is 2. The van der Waals surface area contributed by atoms with Gasteiger partial charge >= 0.3 is 0 Å². The standard InChI is InChI=1S/C14H11FI2O2/c15-11-3-1-9(2-4-11)8-19-14-12(16)5-10(7-18)6-13(14)17/h1-6,18H,7-8H2. The first-order valence-corrected chi connectivity index (χ1v) is 7.72. The van der Waals surface area contributed by atoms with Gasteiger partial charge in [-0.15, -0.1) is 0 Å². The molecule has 2 rings (SSSR count). The van der Waals surface area contributed by atoms with E-state index in [-0.39, 0.29) is 12.4 Å². The summed E-state index contributed by atoms with van der Waals surface area (Å²) < 4.78 is 20.5. The lowest BCUT2D eigenvalue weighted by atomic mass is 10.2. The van der Waals surface area contributed by atoms with E-state index in [0.717, 1.165) is 24.0 Å². The summed E-state index contributed by atoms with van der Waals surface area (Å²) in [6, 6.07) is 10.0. The molecule has 19 heavy (non-hydrogen) atoms. The summed E-state index contributed by atoms with van der Waals surface area (Å²) in [5.41, 5.74) is 1.78. The van der Waals surface area contributed by atoms with Crippen LogP contribution < -0.4 is 4.74 Å². The third-order valence-electron chi connectivity index (χ3n) is 2.54. The van der Waals surface area contributed by atoms with Crippen LogP contribution in [0.2, 0.25) is 0 Å². The Labute approximate surface area is 138 Å². The second kappa shape index (κ2) is 6.85. The fraction of sp³-hybridized carbons (Fsp3) is 0.143. The molecule has 0 heterocycles. The smallest absolute Gasteiger partial charge is 0.146 e. The highest BCUT2D eigenvalue weighted by atomic mass is 127. The van der Waals surface area contributed by atoms with Crippen molar-refractivity contribution in [3.63, 3.8) is 0 Å². The first-order valence-electron chi connectivity index (χ1n) is 5.56. The average molecular weight is 484 g/mol. The third-order valence-corrected chi connectivity index (χ3v) is 4.14. The van der Waals surface area contributed by atoms with Gasteiger partial charge in [-0.25, -0.2) is 4.39 Å².